The Labute approximate surface area is 212 Å². The van der Waals surface area contributed by atoms with Gasteiger partial charge in [0.15, 0.2) is 0 Å². The van der Waals surface area contributed by atoms with Crippen LogP contribution in [0.25, 0.3) is 11.8 Å². The molecule has 8 heteroatoms. The van der Waals surface area contributed by atoms with Crippen LogP contribution in [0.2, 0.25) is 0 Å². The van der Waals surface area contributed by atoms with Gasteiger partial charge in [-0.15, -0.1) is 0 Å². The average molecular weight is 495 g/mol. The van der Waals surface area contributed by atoms with Crippen molar-refractivity contribution in [1.29, 1.82) is 5.26 Å². The molecule has 7 nitrogen and oxygen atoms in total. The highest BCUT2D eigenvalue weighted by atomic mass is 32.2. The molecular weight excluding hydrogens is 472 g/mol. The molecule has 3 aromatic carbocycles. The smallest absolute Gasteiger partial charge is 0.269 e. The SMILES string of the molecule is Cc1cc(/C=C(\C#N)C(=O)Nc2ccccc2)c(C)n1-c1ccc(Sc2ccc([N+](=O)[O-])cc2)cc1. The standard InChI is InChI=1S/C28H22N4O3S/c1-19-16-21(17-22(18-29)28(33)30-23-6-4-3-5-7-23)20(2)31(19)24-8-12-26(13-9-24)36-27-14-10-25(11-15-27)32(34)35/h3-17H,1-2H3,(H,30,33)/b22-17+. The van der Waals surface area contributed by atoms with E-state index in [-0.39, 0.29) is 11.3 Å². The van der Waals surface area contributed by atoms with E-state index in [4.69, 9.17) is 0 Å². The van der Waals surface area contributed by atoms with E-state index >= 15 is 0 Å². The molecule has 36 heavy (non-hydrogen) atoms. The summed E-state index contributed by atoms with van der Waals surface area (Å²) in [6, 6.07) is 27.4. The quantitative estimate of drug-likeness (QED) is 0.133. The number of aryl methyl sites for hydroxylation is 1. The van der Waals surface area contributed by atoms with E-state index in [0.29, 0.717) is 5.69 Å². The number of hydrogen-bond donors (Lipinski definition) is 1. The van der Waals surface area contributed by atoms with Crippen molar-refractivity contribution in [2.45, 2.75) is 23.6 Å². The Kier molecular flexibility index (Phi) is 7.33. The fraction of sp³-hybridized carbons (Fsp3) is 0.0714. The highest BCUT2D eigenvalue weighted by Gasteiger charge is 2.14. The Morgan fingerprint density at radius 3 is 2.19 bits per heavy atom. The molecule has 0 saturated carbocycles. The van der Waals surface area contributed by atoms with Crippen LogP contribution in [0.3, 0.4) is 0 Å². The van der Waals surface area contributed by atoms with E-state index in [2.05, 4.69) is 9.88 Å². The molecule has 0 atom stereocenters. The van der Waals surface area contributed by atoms with Gasteiger partial charge in [-0.2, -0.15) is 5.26 Å². The zero-order valence-corrected chi connectivity index (χ0v) is 20.5. The van der Waals surface area contributed by atoms with Crippen molar-refractivity contribution >= 4 is 35.1 Å². The first-order valence-corrected chi connectivity index (χ1v) is 11.9. The van der Waals surface area contributed by atoms with Crippen LogP contribution in [-0.2, 0) is 4.79 Å². The van der Waals surface area contributed by atoms with Gasteiger partial charge in [-0.05, 0) is 80.1 Å². The Hall–Kier alpha value is -4.61. The molecule has 0 unspecified atom stereocenters. The number of non-ortho nitro benzene ring substituents is 1. The summed E-state index contributed by atoms with van der Waals surface area (Å²) in [6.07, 6.45) is 1.61. The van der Waals surface area contributed by atoms with Crippen LogP contribution in [0.15, 0.2) is 100 Å². The molecule has 0 spiro atoms. The molecule has 0 aliphatic carbocycles. The zero-order chi connectivity index (χ0) is 25.7. The Morgan fingerprint density at radius 1 is 1.00 bits per heavy atom. The second-order valence-electron chi connectivity index (χ2n) is 8.00. The van der Waals surface area contributed by atoms with E-state index in [1.807, 2.05) is 68.4 Å². The van der Waals surface area contributed by atoms with Gasteiger partial charge in [0.25, 0.3) is 11.6 Å². The molecular formula is C28H22N4O3S. The summed E-state index contributed by atoms with van der Waals surface area (Å²) in [6.45, 7) is 3.92. The summed E-state index contributed by atoms with van der Waals surface area (Å²) in [7, 11) is 0. The number of aromatic nitrogens is 1. The number of hydrogen-bond acceptors (Lipinski definition) is 5. The minimum Gasteiger partial charge on any atom is -0.321 e. The van der Waals surface area contributed by atoms with Crippen molar-refractivity contribution in [3.63, 3.8) is 0 Å². The van der Waals surface area contributed by atoms with Gasteiger partial charge in [0.1, 0.15) is 11.6 Å². The molecule has 0 aliphatic rings. The van der Waals surface area contributed by atoms with E-state index in [9.17, 15) is 20.2 Å². The molecule has 0 radical (unpaired) electrons. The van der Waals surface area contributed by atoms with E-state index in [0.717, 1.165) is 32.4 Å². The van der Waals surface area contributed by atoms with Crippen LogP contribution in [0.4, 0.5) is 11.4 Å². The number of para-hydroxylation sites is 1. The summed E-state index contributed by atoms with van der Waals surface area (Å²) in [5.41, 5.74) is 4.32. The fourth-order valence-corrected chi connectivity index (χ4v) is 4.61. The Morgan fingerprint density at radius 2 is 1.61 bits per heavy atom. The summed E-state index contributed by atoms with van der Waals surface area (Å²) in [5, 5.41) is 23.2. The third-order valence-corrected chi connectivity index (χ3v) is 6.56. The van der Waals surface area contributed by atoms with Gasteiger partial charge in [0.05, 0.1) is 4.92 Å². The van der Waals surface area contributed by atoms with Crippen molar-refractivity contribution < 1.29 is 9.72 Å². The number of benzene rings is 3. The molecule has 0 fully saturated rings. The largest absolute Gasteiger partial charge is 0.321 e. The highest BCUT2D eigenvalue weighted by Crippen LogP contribution is 2.31. The summed E-state index contributed by atoms with van der Waals surface area (Å²) < 4.78 is 2.07. The van der Waals surface area contributed by atoms with Crippen LogP contribution >= 0.6 is 11.8 Å². The third kappa shape index (κ3) is 5.54. The van der Waals surface area contributed by atoms with Crippen molar-refractivity contribution in [1.82, 2.24) is 4.57 Å². The van der Waals surface area contributed by atoms with Gasteiger partial charge in [0.2, 0.25) is 0 Å². The number of amides is 1. The van der Waals surface area contributed by atoms with Crippen LogP contribution in [0.5, 0.6) is 0 Å². The highest BCUT2D eigenvalue weighted by molar-refractivity contribution is 7.99. The predicted molar refractivity (Wildman–Crippen MR) is 141 cm³/mol. The molecule has 4 aromatic rings. The molecule has 1 heterocycles. The molecule has 178 valence electrons. The van der Waals surface area contributed by atoms with Crippen LogP contribution in [0, 0.1) is 35.3 Å². The van der Waals surface area contributed by atoms with E-state index in [1.54, 1.807) is 30.3 Å². The number of nitriles is 1. The number of rotatable bonds is 7. The van der Waals surface area contributed by atoms with Crippen LogP contribution in [0.1, 0.15) is 17.0 Å². The lowest BCUT2D eigenvalue weighted by Crippen LogP contribution is -2.13. The minimum atomic E-state index is -0.457. The number of carbonyl (C=O) groups is 1. The van der Waals surface area contributed by atoms with Crippen molar-refractivity contribution in [2.75, 3.05) is 5.32 Å². The second kappa shape index (κ2) is 10.8. The van der Waals surface area contributed by atoms with Crippen molar-refractivity contribution in [3.05, 3.63) is 118 Å². The topological polar surface area (TPSA) is 101 Å². The number of nitrogens with zero attached hydrogens (tertiary/aromatic N) is 3. The maximum Gasteiger partial charge on any atom is 0.269 e. The van der Waals surface area contributed by atoms with Gasteiger partial charge in [-0.3, -0.25) is 14.9 Å². The van der Waals surface area contributed by atoms with Crippen molar-refractivity contribution in [3.8, 4) is 11.8 Å². The molecule has 1 amide bonds. The summed E-state index contributed by atoms with van der Waals surface area (Å²) >= 11 is 1.52. The number of nitro benzene ring substituents is 1. The predicted octanol–water partition coefficient (Wildman–Crippen LogP) is 6.70. The lowest BCUT2D eigenvalue weighted by Gasteiger charge is -2.11. The van der Waals surface area contributed by atoms with E-state index < -0.39 is 10.8 Å². The fourth-order valence-electron chi connectivity index (χ4n) is 3.79. The lowest BCUT2D eigenvalue weighted by atomic mass is 10.1. The lowest BCUT2D eigenvalue weighted by molar-refractivity contribution is -0.384. The van der Waals surface area contributed by atoms with Gasteiger partial charge in [-0.1, -0.05) is 30.0 Å². The Bertz CT molecular complexity index is 1480. The van der Waals surface area contributed by atoms with Crippen LogP contribution in [-0.4, -0.2) is 15.4 Å². The molecule has 4 rings (SSSR count). The first kappa shape index (κ1) is 24.5. The third-order valence-electron chi connectivity index (χ3n) is 5.55. The number of anilines is 1. The number of nitrogens with one attached hydrogen (secondary N) is 1. The summed E-state index contributed by atoms with van der Waals surface area (Å²) in [5.74, 6) is -0.457. The average Bonchev–Trinajstić information content (AvgIpc) is 3.16. The minimum absolute atomic E-state index is 0.0222. The molecule has 0 saturated heterocycles. The van der Waals surface area contributed by atoms with Crippen LogP contribution < -0.4 is 5.32 Å². The van der Waals surface area contributed by atoms with Gasteiger partial charge >= 0.3 is 0 Å². The molecule has 0 aliphatic heterocycles. The van der Waals surface area contributed by atoms with Gasteiger partial charge in [0, 0.05) is 44.7 Å². The first-order valence-electron chi connectivity index (χ1n) is 11.1. The molecule has 1 N–H and O–H groups in total. The molecule has 1 aromatic heterocycles. The normalized spacial score (nSPS) is 11.1. The monoisotopic (exact) mass is 494 g/mol. The van der Waals surface area contributed by atoms with Gasteiger partial charge < -0.3 is 9.88 Å². The number of carbonyl (C=O) groups excluding carboxylic acids is 1. The second-order valence-corrected chi connectivity index (χ2v) is 9.15. The molecule has 0 bridgehead atoms. The van der Waals surface area contributed by atoms with E-state index in [1.165, 1.54) is 23.9 Å². The first-order chi connectivity index (χ1) is 17.4. The van der Waals surface area contributed by atoms with Gasteiger partial charge in [-0.25, -0.2) is 0 Å². The number of nitro groups is 1. The summed E-state index contributed by atoms with van der Waals surface area (Å²) in [4.78, 5) is 25.0. The maximum absolute atomic E-state index is 12.6. The maximum atomic E-state index is 12.6. The zero-order valence-electron chi connectivity index (χ0n) is 19.6. The Balaban J connectivity index is 1.54. The van der Waals surface area contributed by atoms with Crippen molar-refractivity contribution in [2.24, 2.45) is 0 Å².